The van der Waals surface area contributed by atoms with E-state index in [9.17, 15) is 23.3 Å². The van der Waals surface area contributed by atoms with Gasteiger partial charge in [0.25, 0.3) is 5.69 Å². The summed E-state index contributed by atoms with van der Waals surface area (Å²) in [5.41, 5.74) is -0.0692. The number of nitro groups is 1. The van der Waals surface area contributed by atoms with Crippen LogP contribution in [0, 0.1) is 10.1 Å². The van der Waals surface area contributed by atoms with Crippen molar-refractivity contribution in [2.24, 2.45) is 0 Å². The highest BCUT2D eigenvalue weighted by atomic mass is 35.5. The fourth-order valence-corrected chi connectivity index (χ4v) is 4.56. The van der Waals surface area contributed by atoms with Crippen molar-refractivity contribution >= 4 is 39.7 Å². The average Bonchev–Trinajstić information content (AvgIpc) is 2.87. The van der Waals surface area contributed by atoms with Crippen LogP contribution in [-0.4, -0.2) is 66.2 Å². The fourth-order valence-electron chi connectivity index (χ4n) is 4.38. The molecule has 3 aromatic rings. The number of piperazine rings is 1. The second-order valence-corrected chi connectivity index (χ2v) is 8.96. The van der Waals surface area contributed by atoms with Crippen LogP contribution in [0.2, 0.25) is 5.28 Å². The second-order valence-electron chi connectivity index (χ2n) is 8.62. The molecule has 0 unspecified atom stereocenters. The van der Waals surface area contributed by atoms with E-state index < -0.39 is 22.4 Å². The Bertz CT molecular complexity index is 1300. The molecule has 0 saturated carbocycles. The number of anilines is 2. The number of ether oxygens (including phenoxy) is 1. The van der Waals surface area contributed by atoms with Crippen molar-refractivity contribution in [1.29, 1.82) is 0 Å². The lowest BCUT2D eigenvalue weighted by molar-refractivity contribution is -0.385. The third kappa shape index (κ3) is 6.13. The largest absolute Gasteiger partial charge is 0.495 e. The Labute approximate surface area is 216 Å². The van der Waals surface area contributed by atoms with Gasteiger partial charge in [0, 0.05) is 56.3 Å². The van der Waals surface area contributed by atoms with Gasteiger partial charge in [0.05, 0.1) is 28.8 Å². The molecule has 1 aromatic heterocycles. The standard InChI is InChI=1S/C24H26ClF3N6O3/c1-3-32-6-8-33(9-7-32)20-13-18-19(14-21(20)37-2)30-23(25)31-22(18)29-5-4-15-10-16(24(26,27)28)12-17(11-15)34(35)36/h10-14H,3-9H2,1-2H3,(H,29,30,31). The number of rotatable bonds is 8. The van der Waals surface area contributed by atoms with Gasteiger partial charge in [-0.25, -0.2) is 9.97 Å². The fraction of sp³-hybridized carbons (Fsp3) is 0.417. The number of alkyl halides is 3. The molecule has 9 nitrogen and oxygen atoms in total. The maximum Gasteiger partial charge on any atom is 0.416 e. The topological polar surface area (TPSA) is 96.7 Å². The molecule has 0 spiro atoms. The Hall–Kier alpha value is -3.38. The first kappa shape index (κ1) is 26.7. The number of fused-ring (bicyclic) bond motifs is 1. The van der Waals surface area contributed by atoms with Crippen molar-refractivity contribution in [2.75, 3.05) is 56.6 Å². The van der Waals surface area contributed by atoms with Crippen molar-refractivity contribution in [3.05, 3.63) is 56.9 Å². The number of nitrogens with one attached hydrogen (secondary N) is 1. The van der Waals surface area contributed by atoms with Gasteiger partial charge in [-0.2, -0.15) is 13.2 Å². The van der Waals surface area contributed by atoms with Gasteiger partial charge < -0.3 is 19.9 Å². The molecule has 1 fully saturated rings. The number of halogens is 4. The first-order chi connectivity index (χ1) is 17.6. The number of aromatic nitrogens is 2. The molecule has 0 bridgehead atoms. The zero-order valence-corrected chi connectivity index (χ0v) is 21.1. The smallest absolute Gasteiger partial charge is 0.416 e. The van der Waals surface area contributed by atoms with Crippen molar-refractivity contribution < 1.29 is 22.8 Å². The SMILES string of the molecule is CCN1CCN(c2cc3c(NCCc4cc([N+](=O)[O-])cc(C(F)(F)F)c4)nc(Cl)nc3cc2OC)CC1. The highest BCUT2D eigenvalue weighted by Gasteiger charge is 2.32. The highest BCUT2D eigenvalue weighted by Crippen LogP contribution is 2.36. The van der Waals surface area contributed by atoms with Gasteiger partial charge >= 0.3 is 6.18 Å². The van der Waals surface area contributed by atoms with Gasteiger partial charge in [-0.3, -0.25) is 10.1 Å². The van der Waals surface area contributed by atoms with Crippen LogP contribution in [0.3, 0.4) is 0 Å². The van der Waals surface area contributed by atoms with Crippen LogP contribution in [0.1, 0.15) is 18.1 Å². The maximum absolute atomic E-state index is 13.2. The molecule has 0 amide bonds. The van der Waals surface area contributed by atoms with Crippen LogP contribution >= 0.6 is 11.6 Å². The van der Waals surface area contributed by atoms with E-state index in [4.69, 9.17) is 16.3 Å². The molecule has 0 radical (unpaired) electrons. The summed E-state index contributed by atoms with van der Waals surface area (Å²) in [6.45, 7) is 6.76. The van der Waals surface area contributed by atoms with Gasteiger partial charge in [0.1, 0.15) is 11.6 Å². The van der Waals surface area contributed by atoms with E-state index in [1.165, 1.54) is 0 Å². The predicted molar refractivity (Wildman–Crippen MR) is 136 cm³/mol. The molecule has 4 rings (SSSR count). The minimum atomic E-state index is -4.69. The van der Waals surface area contributed by atoms with Crippen LogP contribution in [-0.2, 0) is 12.6 Å². The van der Waals surface area contributed by atoms with Crippen LogP contribution in [0.25, 0.3) is 10.9 Å². The zero-order valence-electron chi connectivity index (χ0n) is 20.3. The summed E-state index contributed by atoms with van der Waals surface area (Å²) in [7, 11) is 1.59. The number of non-ortho nitro benzene ring substituents is 1. The number of likely N-dealkylation sites (N-methyl/N-ethyl adjacent to an activating group) is 1. The molecule has 13 heteroatoms. The van der Waals surface area contributed by atoms with E-state index in [2.05, 4.69) is 32.0 Å². The first-order valence-electron chi connectivity index (χ1n) is 11.7. The minimum absolute atomic E-state index is 0.00364. The highest BCUT2D eigenvalue weighted by molar-refractivity contribution is 6.28. The number of hydrogen-bond acceptors (Lipinski definition) is 8. The second kappa shape index (κ2) is 10.9. The molecule has 1 aliphatic heterocycles. The van der Waals surface area contributed by atoms with E-state index in [-0.39, 0.29) is 23.8 Å². The molecule has 198 valence electrons. The third-order valence-corrected chi connectivity index (χ3v) is 6.52. The molecule has 1 saturated heterocycles. The van der Waals surface area contributed by atoms with Gasteiger partial charge in [0.15, 0.2) is 0 Å². The van der Waals surface area contributed by atoms with Crippen LogP contribution in [0.4, 0.5) is 30.4 Å². The van der Waals surface area contributed by atoms with Crippen molar-refractivity contribution in [3.63, 3.8) is 0 Å². The lowest BCUT2D eigenvalue weighted by Gasteiger charge is -2.36. The number of hydrogen-bond donors (Lipinski definition) is 1. The summed E-state index contributed by atoms with van der Waals surface area (Å²) in [4.78, 5) is 23.5. The predicted octanol–water partition coefficient (Wildman–Crippen LogP) is 5.02. The molecule has 1 N–H and O–H groups in total. The maximum atomic E-state index is 13.2. The lowest BCUT2D eigenvalue weighted by Crippen LogP contribution is -2.46. The number of benzene rings is 2. The van der Waals surface area contributed by atoms with Crippen molar-refractivity contribution in [3.8, 4) is 5.75 Å². The van der Waals surface area contributed by atoms with Gasteiger partial charge in [-0.15, -0.1) is 0 Å². The number of nitro benzene ring substituents is 1. The van der Waals surface area contributed by atoms with Crippen LogP contribution in [0.5, 0.6) is 5.75 Å². The quantitative estimate of drug-likeness (QED) is 0.243. The van der Waals surface area contributed by atoms with E-state index in [1.54, 1.807) is 13.2 Å². The molecular formula is C24H26ClF3N6O3. The number of methoxy groups -OCH3 is 1. The third-order valence-electron chi connectivity index (χ3n) is 6.35. The lowest BCUT2D eigenvalue weighted by atomic mass is 10.1. The van der Waals surface area contributed by atoms with Crippen LogP contribution < -0.4 is 15.0 Å². The zero-order chi connectivity index (χ0) is 26.7. The summed E-state index contributed by atoms with van der Waals surface area (Å²) in [6, 6.07) is 6.29. The minimum Gasteiger partial charge on any atom is -0.495 e. The Balaban J connectivity index is 1.60. The Morgan fingerprint density at radius 1 is 1.14 bits per heavy atom. The van der Waals surface area contributed by atoms with Crippen molar-refractivity contribution in [2.45, 2.75) is 19.5 Å². The molecule has 1 aliphatic rings. The molecule has 0 aliphatic carbocycles. The summed E-state index contributed by atoms with van der Waals surface area (Å²) in [5.74, 6) is 1.06. The molecule has 2 aromatic carbocycles. The van der Waals surface area contributed by atoms with E-state index in [0.717, 1.165) is 50.5 Å². The summed E-state index contributed by atoms with van der Waals surface area (Å²) in [6.07, 6.45) is -4.60. The molecular weight excluding hydrogens is 513 g/mol. The average molecular weight is 539 g/mol. The summed E-state index contributed by atoms with van der Waals surface area (Å²) in [5, 5.41) is 14.9. The molecule has 0 atom stereocenters. The van der Waals surface area contributed by atoms with E-state index >= 15 is 0 Å². The van der Waals surface area contributed by atoms with E-state index in [1.807, 2.05) is 6.07 Å². The summed E-state index contributed by atoms with van der Waals surface area (Å²) >= 11 is 6.14. The number of nitrogens with zero attached hydrogens (tertiary/aromatic N) is 5. The Kier molecular flexibility index (Phi) is 7.88. The van der Waals surface area contributed by atoms with Gasteiger partial charge in [-0.1, -0.05) is 6.92 Å². The van der Waals surface area contributed by atoms with Gasteiger partial charge in [0.2, 0.25) is 5.28 Å². The first-order valence-corrected chi connectivity index (χ1v) is 12.1. The van der Waals surface area contributed by atoms with Crippen molar-refractivity contribution in [1.82, 2.24) is 14.9 Å². The normalized spacial score (nSPS) is 14.7. The molecule has 2 heterocycles. The Morgan fingerprint density at radius 3 is 2.49 bits per heavy atom. The van der Waals surface area contributed by atoms with E-state index in [0.29, 0.717) is 28.5 Å². The molecule has 37 heavy (non-hydrogen) atoms. The van der Waals surface area contributed by atoms with Gasteiger partial charge in [-0.05, 0) is 42.3 Å². The Morgan fingerprint density at radius 2 is 1.86 bits per heavy atom. The summed E-state index contributed by atoms with van der Waals surface area (Å²) < 4.78 is 45.3. The monoisotopic (exact) mass is 538 g/mol. The van der Waals surface area contributed by atoms with Crippen LogP contribution in [0.15, 0.2) is 30.3 Å².